The van der Waals surface area contributed by atoms with E-state index in [4.69, 9.17) is 4.74 Å². The van der Waals surface area contributed by atoms with E-state index in [0.29, 0.717) is 24.3 Å². The zero-order valence-corrected chi connectivity index (χ0v) is 17.2. The fourth-order valence-electron chi connectivity index (χ4n) is 3.87. The number of rotatable bonds is 4. The van der Waals surface area contributed by atoms with Gasteiger partial charge in [0.25, 0.3) is 0 Å². The number of aryl methyl sites for hydroxylation is 1. The predicted octanol–water partition coefficient (Wildman–Crippen LogP) is 5.34. The summed E-state index contributed by atoms with van der Waals surface area (Å²) >= 11 is 1.37. The molecule has 1 fully saturated rings. The van der Waals surface area contributed by atoms with Gasteiger partial charge in [0.1, 0.15) is 5.82 Å². The molecule has 0 aliphatic carbocycles. The number of ether oxygens (including phenoxy) is 1. The van der Waals surface area contributed by atoms with Crippen LogP contribution < -0.4 is 0 Å². The van der Waals surface area contributed by atoms with Crippen molar-refractivity contribution >= 4 is 11.8 Å². The Kier molecular flexibility index (Phi) is 5.44. The largest absolute Gasteiger partial charge is 0.378 e. The smallest absolute Gasteiger partial charge is 0.137 e. The van der Waals surface area contributed by atoms with Gasteiger partial charge in [0.05, 0.1) is 23.3 Å². The molecule has 0 saturated carbocycles. The molecule has 6 heteroatoms. The van der Waals surface area contributed by atoms with E-state index in [1.54, 1.807) is 12.3 Å². The normalized spacial score (nSPS) is 21.7. The number of hydrogen-bond acceptors (Lipinski definition) is 4. The molecule has 0 N–H and O–H groups in total. The molecular formula is C23H22FN3OS. The first-order valence-corrected chi connectivity index (χ1v) is 10.4. The Labute approximate surface area is 174 Å². The molecule has 2 heterocycles. The van der Waals surface area contributed by atoms with E-state index in [0.717, 1.165) is 21.7 Å². The quantitative estimate of drug-likeness (QED) is 0.586. The van der Waals surface area contributed by atoms with Crippen molar-refractivity contribution in [1.82, 2.24) is 9.78 Å². The number of aromatic nitrogens is 2. The zero-order chi connectivity index (χ0) is 20.4. The molecule has 0 radical (unpaired) electrons. The lowest BCUT2D eigenvalue weighted by Crippen LogP contribution is -2.36. The maximum atomic E-state index is 14.5. The lowest BCUT2D eigenvalue weighted by Gasteiger charge is -2.35. The highest BCUT2D eigenvalue weighted by molar-refractivity contribution is 7.99. The van der Waals surface area contributed by atoms with Crippen molar-refractivity contribution in [3.63, 3.8) is 0 Å². The first-order valence-electron chi connectivity index (χ1n) is 9.60. The third-order valence-electron chi connectivity index (χ3n) is 5.46. The van der Waals surface area contributed by atoms with Crippen molar-refractivity contribution in [1.29, 1.82) is 5.26 Å². The van der Waals surface area contributed by atoms with Crippen molar-refractivity contribution in [2.24, 2.45) is 7.05 Å². The fraction of sp³-hybridized carbons (Fsp3) is 0.304. The Morgan fingerprint density at radius 1 is 1.24 bits per heavy atom. The van der Waals surface area contributed by atoms with Crippen molar-refractivity contribution < 1.29 is 9.13 Å². The lowest BCUT2D eigenvalue weighted by molar-refractivity contribution is 0.00347. The fourth-order valence-corrected chi connectivity index (χ4v) is 4.75. The standard InChI is InChI=1S/C23H22FN3OS/c1-16-14-23(15-25,10-12-28-16)18-5-8-20(24)22(13-18)29-19-6-3-17(4-7-19)21-9-11-26-27(21)2/h3-9,11,13,16H,10,12,14H2,1-2H3/t16-,23+/m0/s1. The first-order chi connectivity index (χ1) is 14.0. The molecule has 1 saturated heterocycles. The van der Waals surface area contributed by atoms with Crippen LogP contribution in [0.1, 0.15) is 25.3 Å². The second-order valence-electron chi connectivity index (χ2n) is 7.44. The molecule has 0 spiro atoms. The van der Waals surface area contributed by atoms with Gasteiger partial charge in [-0.25, -0.2) is 4.39 Å². The van der Waals surface area contributed by atoms with E-state index >= 15 is 0 Å². The molecule has 4 rings (SSSR count). The number of nitriles is 1. The summed E-state index contributed by atoms with van der Waals surface area (Å²) in [6.07, 6.45) is 3.03. The minimum Gasteiger partial charge on any atom is -0.378 e. The van der Waals surface area contributed by atoms with Crippen LogP contribution in [0.4, 0.5) is 4.39 Å². The highest BCUT2D eigenvalue weighted by atomic mass is 32.2. The zero-order valence-electron chi connectivity index (χ0n) is 16.4. The van der Waals surface area contributed by atoms with E-state index in [1.165, 1.54) is 17.8 Å². The van der Waals surface area contributed by atoms with Gasteiger partial charge < -0.3 is 4.74 Å². The highest BCUT2D eigenvalue weighted by Gasteiger charge is 2.38. The summed E-state index contributed by atoms with van der Waals surface area (Å²) in [6, 6.07) is 17.5. The summed E-state index contributed by atoms with van der Waals surface area (Å²) in [5.74, 6) is -0.275. The van der Waals surface area contributed by atoms with Gasteiger partial charge >= 0.3 is 0 Å². The first kappa shape index (κ1) is 19.7. The molecule has 1 aromatic heterocycles. The summed E-state index contributed by atoms with van der Waals surface area (Å²) in [7, 11) is 1.90. The molecule has 29 heavy (non-hydrogen) atoms. The summed E-state index contributed by atoms with van der Waals surface area (Å²) in [5, 5.41) is 14.1. The van der Waals surface area contributed by atoms with E-state index in [-0.39, 0.29) is 11.9 Å². The average molecular weight is 408 g/mol. The molecular weight excluding hydrogens is 385 g/mol. The molecule has 2 aromatic carbocycles. The third kappa shape index (κ3) is 3.93. The SMILES string of the molecule is C[C@H]1C[C@](C#N)(c2ccc(F)c(Sc3ccc(-c4ccnn4C)cc3)c2)CCO1. The Bertz CT molecular complexity index is 1060. The molecule has 148 valence electrons. The Balaban J connectivity index is 1.60. The van der Waals surface area contributed by atoms with Gasteiger partial charge in [-0.1, -0.05) is 30.0 Å². The Morgan fingerprint density at radius 2 is 2.03 bits per heavy atom. The molecule has 0 bridgehead atoms. The summed E-state index contributed by atoms with van der Waals surface area (Å²) in [5.41, 5.74) is 2.33. The molecule has 0 unspecified atom stereocenters. The number of benzene rings is 2. The molecule has 3 aromatic rings. The number of nitrogens with zero attached hydrogens (tertiary/aromatic N) is 3. The Hall–Kier alpha value is -2.62. The topological polar surface area (TPSA) is 50.8 Å². The van der Waals surface area contributed by atoms with Gasteiger partial charge in [-0.15, -0.1) is 0 Å². The van der Waals surface area contributed by atoms with Gasteiger partial charge in [0.15, 0.2) is 0 Å². The summed E-state index contributed by atoms with van der Waals surface area (Å²) in [4.78, 5) is 1.47. The van der Waals surface area contributed by atoms with Gasteiger partial charge in [-0.05, 0) is 61.2 Å². The van der Waals surface area contributed by atoms with Crippen LogP contribution in [0, 0.1) is 17.1 Å². The van der Waals surface area contributed by atoms with Gasteiger partial charge in [-0.2, -0.15) is 10.4 Å². The second-order valence-corrected chi connectivity index (χ2v) is 8.56. The maximum Gasteiger partial charge on any atom is 0.137 e. The number of halogens is 1. The monoisotopic (exact) mass is 407 g/mol. The number of hydrogen-bond donors (Lipinski definition) is 0. The minimum atomic E-state index is -0.621. The summed E-state index contributed by atoms with van der Waals surface area (Å²) < 4.78 is 22.0. The van der Waals surface area contributed by atoms with E-state index in [1.807, 2.05) is 55.1 Å². The van der Waals surface area contributed by atoms with Gasteiger partial charge in [-0.3, -0.25) is 4.68 Å². The van der Waals surface area contributed by atoms with Gasteiger partial charge in [0.2, 0.25) is 0 Å². The average Bonchev–Trinajstić information content (AvgIpc) is 3.16. The van der Waals surface area contributed by atoms with Crippen molar-refractivity contribution in [2.45, 2.75) is 41.1 Å². The Morgan fingerprint density at radius 3 is 2.69 bits per heavy atom. The van der Waals surface area contributed by atoms with Crippen LogP contribution in [-0.4, -0.2) is 22.5 Å². The van der Waals surface area contributed by atoms with Crippen LogP contribution >= 0.6 is 11.8 Å². The van der Waals surface area contributed by atoms with Crippen molar-refractivity contribution in [3.8, 4) is 17.3 Å². The molecule has 0 amide bonds. The molecule has 1 aliphatic rings. The molecule has 4 nitrogen and oxygen atoms in total. The van der Waals surface area contributed by atoms with Crippen molar-refractivity contribution in [3.05, 3.63) is 66.1 Å². The van der Waals surface area contributed by atoms with Crippen LogP contribution in [0.5, 0.6) is 0 Å². The highest BCUT2D eigenvalue weighted by Crippen LogP contribution is 2.40. The summed E-state index contributed by atoms with van der Waals surface area (Å²) in [6.45, 7) is 2.53. The maximum absolute atomic E-state index is 14.5. The second kappa shape index (κ2) is 8.02. The van der Waals surface area contributed by atoms with Crippen LogP contribution in [0.2, 0.25) is 0 Å². The van der Waals surface area contributed by atoms with E-state index in [9.17, 15) is 9.65 Å². The van der Waals surface area contributed by atoms with Crippen LogP contribution in [0.15, 0.2) is 64.5 Å². The van der Waals surface area contributed by atoms with Crippen molar-refractivity contribution in [2.75, 3.05) is 6.61 Å². The predicted molar refractivity (Wildman–Crippen MR) is 111 cm³/mol. The van der Waals surface area contributed by atoms with Crippen LogP contribution in [0.3, 0.4) is 0 Å². The van der Waals surface area contributed by atoms with E-state index in [2.05, 4.69) is 11.2 Å². The molecule has 1 aliphatic heterocycles. The third-order valence-corrected chi connectivity index (χ3v) is 6.50. The van der Waals surface area contributed by atoms with E-state index < -0.39 is 5.41 Å². The molecule has 2 atom stereocenters. The van der Waals surface area contributed by atoms with Gasteiger partial charge in [0, 0.05) is 29.6 Å². The van der Waals surface area contributed by atoms with Crippen LogP contribution in [0.25, 0.3) is 11.3 Å². The van der Waals surface area contributed by atoms with Crippen LogP contribution in [-0.2, 0) is 17.2 Å². The minimum absolute atomic E-state index is 0.0177. The lowest BCUT2D eigenvalue weighted by atomic mass is 9.74.